The number of carbonyl (C=O) groups excluding carboxylic acids is 1. The van der Waals surface area contributed by atoms with Crippen molar-refractivity contribution < 1.29 is 19.4 Å². The van der Waals surface area contributed by atoms with Crippen molar-refractivity contribution in [1.82, 2.24) is 5.32 Å². The summed E-state index contributed by atoms with van der Waals surface area (Å²) in [5, 5.41) is 12.1. The van der Waals surface area contributed by atoms with Gasteiger partial charge in [0.05, 0.1) is 12.5 Å². The second-order valence-electron chi connectivity index (χ2n) is 7.85. The predicted molar refractivity (Wildman–Crippen MR) is 96.4 cm³/mol. The zero-order chi connectivity index (χ0) is 18.4. The first-order chi connectivity index (χ1) is 11.8. The fraction of sp³-hybridized carbons (Fsp3) is 0.600. The molecular weight excluding hydrogens is 318 g/mol. The highest BCUT2D eigenvalue weighted by atomic mass is 16.5. The van der Waals surface area contributed by atoms with Crippen LogP contribution in [0.25, 0.3) is 0 Å². The molecule has 1 atom stereocenters. The van der Waals surface area contributed by atoms with Crippen molar-refractivity contribution in [2.75, 3.05) is 13.2 Å². The van der Waals surface area contributed by atoms with Gasteiger partial charge in [-0.15, -0.1) is 0 Å². The van der Waals surface area contributed by atoms with E-state index < -0.39 is 12.0 Å². The molecule has 1 aliphatic rings. The Morgan fingerprint density at radius 2 is 1.80 bits per heavy atom. The second-order valence-corrected chi connectivity index (χ2v) is 7.85. The zero-order valence-corrected chi connectivity index (χ0v) is 15.4. The summed E-state index contributed by atoms with van der Waals surface area (Å²) in [6, 6.07) is 7.36. The first kappa shape index (κ1) is 19.4. The van der Waals surface area contributed by atoms with Crippen LogP contribution in [0.1, 0.15) is 63.6 Å². The molecular formula is C20H29NO4. The number of amides is 1. The van der Waals surface area contributed by atoms with Gasteiger partial charge in [-0.3, -0.25) is 9.59 Å². The summed E-state index contributed by atoms with van der Waals surface area (Å²) in [6.07, 6.45) is 2.09. The van der Waals surface area contributed by atoms with Crippen LogP contribution < -0.4 is 5.32 Å². The quantitative estimate of drug-likeness (QED) is 0.826. The third-order valence-electron chi connectivity index (χ3n) is 4.71. The molecule has 1 amide bonds. The number of nitrogens with one attached hydrogen (secondary N) is 1. The van der Waals surface area contributed by atoms with Gasteiger partial charge in [-0.2, -0.15) is 0 Å². The summed E-state index contributed by atoms with van der Waals surface area (Å²) in [7, 11) is 0. The van der Waals surface area contributed by atoms with Crippen LogP contribution in [-0.2, 0) is 19.7 Å². The molecule has 1 heterocycles. The summed E-state index contributed by atoms with van der Waals surface area (Å²) in [4.78, 5) is 23.6. The Morgan fingerprint density at radius 1 is 1.20 bits per heavy atom. The third-order valence-corrected chi connectivity index (χ3v) is 4.71. The van der Waals surface area contributed by atoms with Crippen molar-refractivity contribution in [3.63, 3.8) is 0 Å². The van der Waals surface area contributed by atoms with Gasteiger partial charge in [0.2, 0.25) is 5.91 Å². The maximum absolute atomic E-state index is 12.4. The van der Waals surface area contributed by atoms with Crippen molar-refractivity contribution >= 4 is 11.9 Å². The van der Waals surface area contributed by atoms with Crippen LogP contribution in [0.2, 0.25) is 0 Å². The average Bonchev–Trinajstić information content (AvgIpc) is 2.54. The number of benzene rings is 1. The second kappa shape index (κ2) is 8.48. The number of carboxylic acids is 1. The molecule has 0 saturated carbocycles. The molecule has 5 heteroatoms. The van der Waals surface area contributed by atoms with Gasteiger partial charge in [-0.25, -0.2) is 0 Å². The summed E-state index contributed by atoms with van der Waals surface area (Å²) >= 11 is 0. The largest absolute Gasteiger partial charge is 0.481 e. The normalized spacial score (nSPS) is 17.1. The maximum Gasteiger partial charge on any atom is 0.305 e. The monoisotopic (exact) mass is 347 g/mol. The lowest BCUT2D eigenvalue weighted by atomic mass is 9.86. The van der Waals surface area contributed by atoms with E-state index in [9.17, 15) is 14.7 Å². The van der Waals surface area contributed by atoms with Crippen LogP contribution in [0.4, 0.5) is 0 Å². The van der Waals surface area contributed by atoms with Crippen LogP contribution in [0.5, 0.6) is 0 Å². The Labute approximate surface area is 149 Å². The number of hydrogen-bond donors (Lipinski definition) is 2. The Kier molecular flexibility index (Phi) is 6.59. The summed E-state index contributed by atoms with van der Waals surface area (Å²) in [6.45, 7) is 7.79. The van der Waals surface area contributed by atoms with Gasteiger partial charge in [0.1, 0.15) is 0 Å². The van der Waals surface area contributed by atoms with Crippen LogP contribution >= 0.6 is 0 Å². The number of aliphatic carboxylic acids is 1. The molecule has 0 aliphatic carbocycles. The van der Waals surface area contributed by atoms with E-state index in [-0.39, 0.29) is 17.7 Å². The topological polar surface area (TPSA) is 75.6 Å². The van der Waals surface area contributed by atoms with Gasteiger partial charge in [0.25, 0.3) is 0 Å². The Bertz CT molecular complexity index is 583. The smallest absolute Gasteiger partial charge is 0.305 e. The van der Waals surface area contributed by atoms with Crippen molar-refractivity contribution in [3.05, 3.63) is 35.4 Å². The number of carboxylic acid groups (broad SMARTS) is 1. The number of carbonyl (C=O) groups is 2. The van der Waals surface area contributed by atoms with Gasteiger partial charge >= 0.3 is 5.97 Å². The molecule has 0 radical (unpaired) electrons. The maximum atomic E-state index is 12.4. The number of ether oxygens (including phenoxy) is 1. The molecule has 1 fully saturated rings. The fourth-order valence-electron chi connectivity index (χ4n) is 3.11. The van der Waals surface area contributed by atoms with Crippen LogP contribution in [-0.4, -0.2) is 30.2 Å². The van der Waals surface area contributed by atoms with E-state index in [0.29, 0.717) is 25.6 Å². The predicted octanol–water partition coefficient (Wildman–Crippen LogP) is 3.43. The minimum Gasteiger partial charge on any atom is -0.481 e. The molecule has 0 bridgehead atoms. The first-order valence-corrected chi connectivity index (χ1v) is 8.95. The lowest BCUT2D eigenvalue weighted by Gasteiger charge is -2.24. The van der Waals surface area contributed by atoms with Gasteiger partial charge in [-0.05, 0) is 35.3 Å². The van der Waals surface area contributed by atoms with Gasteiger partial charge in [-0.1, -0.05) is 45.0 Å². The standard InChI is InChI=1S/C20H29NO4/c1-20(2,3)16-6-4-15(5-7-16)17(13-19(23)24)21-18(22)12-14-8-10-25-11-9-14/h4-7,14,17H,8-13H2,1-3H3,(H,21,22)(H,23,24). The molecule has 0 aromatic heterocycles. The van der Waals surface area contributed by atoms with Crippen LogP contribution in [0, 0.1) is 5.92 Å². The molecule has 0 spiro atoms. The lowest BCUT2D eigenvalue weighted by molar-refractivity contribution is -0.137. The minimum absolute atomic E-state index is 0.0348. The van der Waals surface area contributed by atoms with E-state index in [2.05, 4.69) is 26.1 Å². The summed E-state index contributed by atoms with van der Waals surface area (Å²) in [5.74, 6) is -0.684. The molecule has 1 saturated heterocycles. The molecule has 2 rings (SSSR count). The highest BCUT2D eigenvalue weighted by molar-refractivity contribution is 5.78. The van der Waals surface area contributed by atoms with Crippen molar-refractivity contribution in [3.8, 4) is 0 Å². The van der Waals surface area contributed by atoms with Crippen molar-refractivity contribution in [1.29, 1.82) is 0 Å². The van der Waals surface area contributed by atoms with Crippen LogP contribution in [0.15, 0.2) is 24.3 Å². The highest BCUT2D eigenvalue weighted by Crippen LogP contribution is 2.25. The SMILES string of the molecule is CC(C)(C)c1ccc(C(CC(=O)O)NC(=O)CC2CCOCC2)cc1. The molecule has 1 aromatic carbocycles. The molecule has 2 N–H and O–H groups in total. The molecule has 25 heavy (non-hydrogen) atoms. The van der Waals surface area contributed by atoms with Gasteiger partial charge in [0.15, 0.2) is 0 Å². The fourth-order valence-corrected chi connectivity index (χ4v) is 3.11. The average molecular weight is 347 g/mol. The van der Waals surface area contributed by atoms with Crippen LogP contribution in [0.3, 0.4) is 0 Å². The Balaban J connectivity index is 2.04. The van der Waals surface area contributed by atoms with E-state index in [4.69, 9.17) is 4.74 Å². The molecule has 5 nitrogen and oxygen atoms in total. The number of rotatable bonds is 6. The molecule has 1 aliphatic heterocycles. The zero-order valence-electron chi connectivity index (χ0n) is 15.4. The number of hydrogen-bond acceptors (Lipinski definition) is 3. The Hall–Kier alpha value is -1.88. The lowest BCUT2D eigenvalue weighted by Crippen LogP contribution is -2.32. The molecule has 138 valence electrons. The Morgan fingerprint density at radius 3 is 2.32 bits per heavy atom. The molecule has 1 unspecified atom stereocenters. The highest BCUT2D eigenvalue weighted by Gasteiger charge is 2.22. The first-order valence-electron chi connectivity index (χ1n) is 8.95. The third kappa shape index (κ3) is 6.16. The van der Waals surface area contributed by atoms with E-state index in [1.165, 1.54) is 5.56 Å². The van der Waals surface area contributed by atoms with Gasteiger partial charge in [0, 0.05) is 19.6 Å². The summed E-state index contributed by atoms with van der Waals surface area (Å²) in [5.41, 5.74) is 2.04. The van der Waals surface area contributed by atoms with Crippen molar-refractivity contribution in [2.45, 2.75) is 57.9 Å². The van der Waals surface area contributed by atoms with Crippen molar-refractivity contribution in [2.24, 2.45) is 5.92 Å². The summed E-state index contributed by atoms with van der Waals surface area (Å²) < 4.78 is 5.31. The van der Waals surface area contributed by atoms with E-state index in [0.717, 1.165) is 18.4 Å². The van der Waals surface area contributed by atoms with E-state index in [1.807, 2.05) is 24.3 Å². The minimum atomic E-state index is -0.920. The van der Waals surface area contributed by atoms with E-state index >= 15 is 0 Å². The molecule has 1 aromatic rings. The van der Waals surface area contributed by atoms with Gasteiger partial charge < -0.3 is 15.2 Å². The van der Waals surface area contributed by atoms with E-state index in [1.54, 1.807) is 0 Å².